The van der Waals surface area contributed by atoms with Crippen molar-refractivity contribution in [3.8, 4) is 6.07 Å². The van der Waals surface area contributed by atoms with Crippen LogP contribution in [0, 0.1) is 17.2 Å². The number of thiophene rings is 1. The Labute approximate surface area is 110 Å². The van der Waals surface area contributed by atoms with Crippen LogP contribution in [0.4, 0.5) is 0 Å². The van der Waals surface area contributed by atoms with Crippen molar-refractivity contribution in [3.05, 3.63) is 21.3 Å². The zero-order valence-electron chi connectivity index (χ0n) is 9.36. The van der Waals surface area contributed by atoms with Gasteiger partial charge in [0.1, 0.15) is 0 Å². The van der Waals surface area contributed by atoms with E-state index in [0.717, 1.165) is 10.8 Å². The minimum absolute atomic E-state index is 0.000348. The number of hydrogen-bond donors (Lipinski definition) is 0. The van der Waals surface area contributed by atoms with E-state index >= 15 is 0 Å². The van der Waals surface area contributed by atoms with Crippen LogP contribution >= 0.6 is 22.9 Å². The monoisotopic (exact) mass is 268 g/mol. The molecule has 0 N–H and O–H groups in total. The lowest BCUT2D eigenvalue weighted by atomic mass is 9.99. The number of carbonyl (C=O) groups is 1. The van der Waals surface area contributed by atoms with Crippen LogP contribution in [0.25, 0.3) is 0 Å². The molecule has 1 saturated heterocycles. The second-order valence-corrected chi connectivity index (χ2v) is 5.96. The number of nitriles is 1. The summed E-state index contributed by atoms with van der Waals surface area (Å²) in [5, 5.41) is 8.88. The number of halogens is 1. The van der Waals surface area contributed by atoms with Crippen molar-refractivity contribution in [1.82, 2.24) is 4.90 Å². The lowest BCUT2D eigenvalue weighted by molar-refractivity contribution is -0.134. The molecule has 3 nitrogen and oxygen atoms in total. The molecule has 1 aromatic rings. The molecule has 1 aliphatic rings. The van der Waals surface area contributed by atoms with Gasteiger partial charge in [0.05, 0.1) is 16.3 Å². The molecular formula is C12H13ClN2OS. The van der Waals surface area contributed by atoms with Crippen LogP contribution in [0.1, 0.15) is 17.7 Å². The van der Waals surface area contributed by atoms with E-state index in [1.807, 2.05) is 12.1 Å². The molecule has 5 heteroatoms. The van der Waals surface area contributed by atoms with Crippen LogP contribution in [0.3, 0.4) is 0 Å². The molecule has 1 unspecified atom stereocenters. The normalized spacial score (nSPS) is 20.4. The first-order chi connectivity index (χ1) is 8.19. The number of nitrogens with zero attached hydrogens (tertiary/aromatic N) is 2. The molecular weight excluding hydrogens is 256 g/mol. The van der Waals surface area contributed by atoms with Gasteiger partial charge in [-0.2, -0.15) is 5.26 Å². The molecule has 2 rings (SSSR count). The van der Waals surface area contributed by atoms with Crippen molar-refractivity contribution in [3.63, 3.8) is 0 Å². The zero-order valence-corrected chi connectivity index (χ0v) is 10.9. The largest absolute Gasteiger partial charge is 0.341 e. The fourth-order valence-electron chi connectivity index (χ4n) is 1.97. The molecule has 1 atom stereocenters. The van der Waals surface area contributed by atoms with Crippen LogP contribution < -0.4 is 0 Å². The minimum atomic E-state index is -0.000348. The van der Waals surface area contributed by atoms with Crippen molar-refractivity contribution in [1.29, 1.82) is 5.26 Å². The molecule has 1 aromatic heterocycles. The predicted molar refractivity (Wildman–Crippen MR) is 68.0 cm³/mol. The highest BCUT2D eigenvalue weighted by Gasteiger charge is 2.24. The van der Waals surface area contributed by atoms with Gasteiger partial charge in [0.2, 0.25) is 5.91 Å². The minimum Gasteiger partial charge on any atom is -0.341 e. The van der Waals surface area contributed by atoms with Gasteiger partial charge in [0.15, 0.2) is 0 Å². The summed E-state index contributed by atoms with van der Waals surface area (Å²) in [4.78, 5) is 14.7. The standard InChI is InChI=1S/C12H13ClN2OS/c13-11-3-2-10(17-11)5-6-15-8-9(7-14)1-4-12(15)16/h2-3,9H,1,4-6,8H2. The van der Waals surface area contributed by atoms with Crippen molar-refractivity contribution < 1.29 is 4.79 Å². The highest BCUT2D eigenvalue weighted by molar-refractivity contribution is 7.16. The lowest BCUT2D eigenvalue weighted by Gasteiger charge is -2.29. The Morgan fingerprint density at radius 1 is 1.59 bits per heavy atom. The molecule has 17 heavy (non-hydrogen) atoms. The topological polar surface area (TPSA) is 44.1 Å². The van der Waals surface area contributed by atoms with Gasteiger partial charge in [0, 0.05) is 24.4 Å². The van der Waals surface area contributed by atoms with E-state index in [2.05, 4.69) is 6.07 Å². The second kappa shape index (κ2) is 5.52. The molecule has 0 bridgehead atoms. The summed E-state index contributed by atoms with van der Waals surface area (Å²) in [5.74, 6) is 0.166. The van der Waals surface area contributed by atoms with Crippen LogP contribution in [-0.2, 0) is 11.2 Å². The van der Waals surface area contributed by atoms with Gasteiger partial charge in [-0.25, -0.2) is 0 Å². The SMILES string of the molecule is N#CC1CCC(=O)N(CCc2ccc(Cl)s2)C1. The Bertz CT molecular complexity index is 452. The van der Waals surface area contributed by atoms with Gasteiger partial charge < -0.3 is 4.90 Å². The molecule has 0 aliphatic carbocycles. The predicted octanol–water partition coefficient (Wildman–Crippen LogP) is 2.71. The fraction of sp³-hybridized carbons (Fsp3) is 0.500. The maximum atomic E-state index is 11.7. The molecule has 1 aliphatic heterocycles. The first kappa shape index (κ1) is 12.4. The van der Waals surface area contributed by atoms with Crippen molar-refractivity contribution in [2.75, 3.05) is 13.1 Å². The van der Waals surface area contributed by atoms with Gasteiger partial charge in [0.25, 0.3) is 0 Å². The number of piperidine rings is 1. The molecule has 0 spiro atoms. The second-order valence-electron chi connectivity index (χ2n) is 4.16. The summed E-state index contributed by atoms with van der Waals surface area (Å²) in [7, 11) is 0. The highest BCUT2D eigenvalue weighted by Crippen LogP contribution is 2.23. The van der Waals surface area contributed by atoms with Crippen LogP contribution in [0.2, 0.25) is 4.34 Å². The van der Waals surface area contributed by atoms with E-state index in [-0.39, 0.29) is 11.8 Å². The lowest BCUT2D eigenvalue weighted by Crippen LogP contribution is -2.40. The summed E-state index contributed by atoms with van der Waals surface area (Å²) >= 11 is 7.40. The summed E-state index contributed by atoms with van der Waals surface area (Å²) in [6, 6.07) is 6.11. The zero-order chi connectivity index (χ0) is 12.3. The van der Waals surface area contributed by atoms with E-state index in [0.29, 0.717) is 25.9 Å². The fourth-order valence-corrected chi connectivity index (χ4v) is 3.04. The molecule has 2 heterocycles. The van der Waals surface area contributed by atoms with E-state index in [1.165, 1.54) is 4.88 Å². The Morgan fingerprint density at radius 2 is 2.41 bits per heavy atom. The number of rotatable bonds is 3. The Balaban J connectivity index is 1.89. The molecule has 90 valence electrons. The Hall–Kier alpha value is -1.05. The highest BCUT2D eigenvalue weighted by atomic mass is 35.5. The average molecular weight is 269 g/mol. The quantitative estimate of drug-likeness (QED) is 0.846. The first-order valence-corrected chi connectivity index (χ1v) is 6.80. The average Bonchev–Trinajstić information content (AvgIpc) is 2.74. The van der Waals surface area contributed by atoms with Gasteiger partial charge in [-0.15, -0.1) is 11.3 Å². The van der Waals surface area contributed by atoms with Crippen LogP contribution in [-0.4, -0.2) is 23.9 Å². The maximum Gasteiger partial charge on any atom is 0.222 e. The van der Waals surface area contributed by atoms with Crippen LogP contribution in [0.5, 0.6) is 0 Å². The molecule has 0 radical (unpaired) electrons. The van der Waals surface area contributed by atoms with Crippen molar-refractivity contribution in [2.24, 2.45) is 5.92 Å². The Morgan fingerprint density at radius 3 is 3.06 bits per heavy atom. The van der Waals surface area contributed by atoms with Gasteiger partial charge >= 0.3 is 0 Å². The third-order valence-corrected chi connectivity index (χ3v) is 4.23. The molecule has 1 amide bonds. The third-order valence-electron chi connectivity index (χ3n) is 2.94. The third kappa shape index (κ3) is 3.21. The van der Waals surface area contributed by atoms with E-state index in [9.17, 15) is 4.79 Å². The van der Waals surface area contributed by atoms with Crippen molar-refractivity contribution in [2.45, 2.75) is 19.3 Å². The van der Waals surface area contributed by atoms with Crippen LogP contribution in [0.15, 0.2) is 12.1 Å². The van der Waals surface area contributed by atoms with Gasteiger partial charge in [-0.05, 0) is 25.0 Å². The summed E-state index contributed by atoms with van der Waals surface area (Å²) < 4.78 is 0.778. The molecule has 0 saturated carbocycles. The number of carbonyl (C=O) groups excluding carboxylic acids is 1. The summed E-state index contributed by atoms with van der Waals surface area (Å²) in [6.45, 7) is 1.27. The summed E-state index contributed by atoms with van der Waals surface area (Å²) in [5.41, 5.74) is 0. The number of likely N-dealkylation sites (tertiary alicyclic amines) is 1. The maximum absolute atomic E-state index is 11.7. The smallest absolute Gasteiger partial charge is 0.222 e. The summed E-state index contributed by atoms with van der Waals surface area (Å²) in [6.07, 6.45) is 2.03. The number of hydrogen-bond acceptors (Lipinski definition) is 3. The Kier molecular flexibility index (Phi) is 4.03. The molecule has 1 fully saturated rings. The van der Waals surface area contributed by atoms with Gasteiger partial charge in [-0.1, -0.05) is 11.6 Å². The molecule has 0 aromatic carbocycles. The van der Waals surface area contributed by atoms with E-state index < -0.39 is 0 Å². The first-order valence-electron chi connectivity index (χ1n) is 5.60. The van der Waals surface area contributed by atoms with Crippen molar-refractivity contribution >= 4 is 28.8 Å². The number of amides is 1. The van der Waals surface area contributed by atoms with E-state index in [1.54, 1.807) is 16.2 Å². The van der Waals surface area contributed by atoms with Gasteiger partial charge in [-0.3, -0.25) is 4.79 Å². The van der Waals surface area contributed by atoms with E-state index in [4.69, 9.17) is 16.9 Å².